The van der Waals surface area contributed by atoms with Crippen molar-refractivity contribution in [1.29, 1.82) is 0 Å². The van der Waals surface area contributed by atoms with Gasteiger partial charge in [0.05, 0.1) is 0 Å². The summed E-state index contributed by atoms with van der Waals surface area (Å²) in [6.07, 6.45) is 5.97. The molecule has 0 aliphatic heterocycles. The Kier molecular flexibility index (Phi) is 4.99. The van der Waals surface area contributed by atoms with Crippen LogP contribution in [0.3, 0.4) is 0 Å². The fourth-order valence-corrected chi connectivity index (χ4v) is 4.99. The molecule has 0 bridgehead atoms. The standard InChI is InChI=1S/C27H28/c1-3-4-19-27(23-14-7-5-8-15-23,24-16-9-6-10-17-24)26-21(2)20-22-13-11-12-18-25(22)26/h5-18,20,26H,3-4,19H2,1-2H3. The summed E-state index contributed by atoms with van der Waals surface area (Å²) >= 11 is 0. The van der Waals surface area contributed by atoms with Gasteiger partial charge >= 0.3 is 0 Å². The maximum atomic E-state index is 2.40. The highest BCUT2D eigenvalue weighted by atomic mass is 14.5. The summed E-state index contributed by atoms with van der Waals surface area (Å²) in [4.78, 5) is 0. The van der Waals surface area contributed by atoms with Crippen LogP contribution in [-0.4, -0.2) is 0 Å². The van der Waals surface area contributed by atoms with Gasteiger partial charge < -0.3 is 0 Å². The van der Waals surface area contributed by atoms with Crippen LogP contribution in [0.4, 0.5) is 0 Å². The number of fused-ring (bicyclic) bond motifs is 1. The molecule has 4 rings (SSSR count). The van der Waals surface area contributed by atoms with Crippen LogP contribution in [0.15, 0.2) is 90.5 Å². The van der Waals surface area contributed by atoms with Crippen LogP contribution in [-0.2, 0) is 5.41 Å². The van der Waals surface area contributed by atoms with Crippen molar-refractivity contribution in [3.63, 3.8) is 0 Å². The molecular formula is C27H28. The molecule has 0 nitrogen and oxygen atoms in total. The van der Waals surface area contributed by atoms with E-state index in [-0.39, 0.29) is 5.41 Å². The maximum Gasteiger partial charge on any atom is 0.0308 e. The summed E-state index contributed by atoms with van der Waals surface area (Å²) in [6, 6.07) is 31.3. The number of hydrogen-bond donors (Lipinski definition) is 0. The number of benzene rings is 3. The Hall–Kier alpha value is -2.60. The minimum absolute atomic E-state index is 0.0360. The summed E-state index contributed by atoms with van der Waals surface area (Å²) in [5, 5.41) is 0. The summed E-state index contributed by atoms with van der Waals surface area (Å²) in [5.74, 6) is 0.380. The molecule has 0 radical (unpaired) electrons. The summed E-state index contributed by atoms with van der Waals surface area (Å²) in [7, 11) is 0. The van der Waals surface area contributed by atoms with Gasteiger partial charge in [0, 0.05) is 11.3 Å². The Morgan fingerprint density at radius 3 is 1.89 bits per heavy atom. The molecule has 0 heteroatoms. The molecule has 0 N–H and O–H groups in total. The molecule has 3 aromatic carbocycles. The van der Waals surface area contributed by atoms with Gasteiger partial charge in [-0.3, -0.25) is 0 Å². The second kappa shape index (κ2) is 7.56. The quantitative estimate of drug-likeness (QED) is 0.434. The van der Waals surface area contributed by atoms with Crippen LogP contribution in [0, 0.1) is 0 Å². The average Bonchev–Trinajstić information content (AvgIpc) is 3.07. The molecule has 1 aliphatic rings. The van der Waals surface area contributed by atoms with Gasteiger partial charge in [-0.2, -0.15) is 0 Å². The van der Waals surface area contributed by atoms with E-state index in [4.69, 9.17) is 0 Å². The molecule has 0 amide bonds. The van der Waals surface area contributed by atoms with Gasteiger partial charge in [0.2, 0.25) is 0 Å². The van der Waals surface area contributed by atoms with Gasteiger partial charge in [-0.15, -0.1) is 0 Å². The highest BCUT2D eigenvalue weighted by Gasteiger charge is 2.45. The van der Waals surface area contributed by atoms with Crippen molar-refractivity contribution in [3.8, 4) is 0 Å². The normalized spacial score (nSPS) is 16.1. The third-order valence-corrected chi connectivity index (χ3v) is 6.14. The van der Waals surface area contributed by atoms with E-state index in [1.807, 2.05) is 0 Å². The lowest BCUT2D eigenvalue weighted by atomic mass is 9.60. The molecule has 0 spiro atoms. The minimum atomic E-state index is -0.0360. The van der Waals surface area contributed by atoms with Crippen LogP contribution in [0.1, 0.15) is 61.3 Å². The Bertz CT molecular complexity index is 879. The summed E-state index contributed by atoms with van der Waals surface area (Å²) in [5.41, 5.74) is 7.15. The molecule has 0 heterocycles. The van der Waals surface area contributed by atoms with Gasteiger partial charge in [0.15, 0.2) is 0 Å². The van der Waals surface area contributed by atoms with Crippen molar-refractivity contribution < 1.29 is 0 Å². The van der Waals surface area contributed by atoms with Crippen LogP contribution < -0.4 is 0 Å². The van der Waals surface area contributed by atoms with E-state index in [1.54, 1.807) is 0 Å². The molecule has 3 aromatic rings. The maximum absolute atomic E-state index is 2.40. The lowest BCUT2D eigenvalue weighted by Gasteiger charge is -2.42. The van der Waals surface area contributed by atoms with Gasteiger partial charge in [-0.05, 0) is 35.6 Å². The molecule has 0 fully saturated rings. The Balaban J connectivity index is 2.00. The zero-order valence-corrected chi connectivity index (χ0v) is 16.4. The van der Waals surface area contributed by atoms with Crippen LogP contribution in [0.5, 0.6) is 0 Å². The van der Waals surface area contributed by atoms with Crippen LogP contribution in [0.25, 0.3) is 6.08 Å². The van der Waals surface area contributed by atoms with E-state index in [1.165, 1.54) is 40.7 Å². The van der Waals surface area contributed by atoms with E-state index in [2.05, 4.69) is 105 Å². The lowest BCUT2D eigenvalue weighted by molar-refractivity contribution is 0.403. The minimum Gasteiger partial charge on any atom is -0.0654 e. The average molecular weight is 353 g/mol. The first kappa shape index (κ1) is 17.8. The highest BCUT2D eigenvalue weighted by Crippen LogP contribution is 2.54. The van der Waals surface area contributed by atoms with Crippen molar-refractivity contribution in [3.05, 3.63) is 113 Å². The third-order valence-electron chi connectivity index (χ3n) is 6.14. The Labute approximate surface area is 163 Å². The number of rotatable bonds is 6. The van der Waals surface area contributed by atoms with Crippen molar-refractivity contribution in [2.75, 3.05) is 0 Å². The predicted octanol–water partition coefficient (Wildman–Crippen LogP) is 7.36. The van der Waals surface area contributed by atoms with Gasteiger partial charge in [0.25, 0.3) is 0 Å². The van der Waals surface area contributed by atoms with E-state index < -0.39 is 0 Å². The van der Waals surface area contributed by atoms with Gasteiger partial charge in [-0.1, -0.05) is 116 Å². The van der Waals surface area contributed by atoms with Crippen molar-refractivity contribution in [1.82, 2.24) is 0 Å². The Morgan fingerprint density at radius 1 is 0.741 bits per heavy atom. The van der Waals surface area contributed by atoms with Gasteiger partial charge in [0.1, 0.15) is 0 Å². The topological polar surface area (TPSA) is 0 Å². The van der Waals surface area contributed by atoms with Crippen molar-refractivity contribution >= 4 is 6.08 Å². The van der Waals surface area contributed by atoms with E-state index in [0.29, 0.717) is 5.92 Å². The second-order valence-electron chi connectivity index (χ2n) is 7.76. The number of allylic oxidation sites excluding steroid dienone is 1. The van der Waals surface area contributed by atoms with Crippen molar-refractivity contribution in [2.45, 2.75) is 44.4 Å². The molecule has 136 valence electrons. The number of unbranched alkanes of at least 4 members (excludes halogenated alkanes) is 1. The second-order valence-corrected chi connectivity index (χ2v) is 7.76. The SMILES string of the molecule is CCCCC(c1ccccc1)(c1ccccc1)C1C(C)=Cc2ccccc21. The van der Waals surface area contributed by atoms with Gasteiger partial charge in [-0.25, -0.2) is 0 Å². The molecule has 1 aliphatic carbocycles. The third kappa shape index (κ3) is 3.04. The predicted molar refractivity (Wildman–Crippen MR) is 116 cm³/mol. The molecule has 0 saturated heterocycles. The van der Waals surface area contributed by atoms with Crippen LogP contribution in [0.2, 0.25) is 0 Å². The largest absolute Gasteiger partial charge is 0.0654 e. The molecule has 1 atom stereocenters. The molecular weight excluding hydrogens is 324 g/mol. The molecule has 0 aromatic heterocycles. The lowest BCUT2D eigenvalue weighted by Crippen LogP contribution is -2.35. The van der Waals surface area contributed by atoms with E-state index in [9.17, 15) is 0 Å². The summed E-state index contributed by atoms with van der Waals surface area (Å²) < 4.78 is 0. The van der Waals surface area contributed by atoms with E-state index in [0.717, 1.165) is 6.42 Å². The Morgan fingerprint density at radius 2 is 1.30 bits per heavy atom. The number of hydrogen-bond acceptors (Lipinski definition) is 0. The first-order chi connectivity index (χ1) is 13.3. The molecule has 1 unspecified atom stereocenters. The molecule has 0 saturated carbocycles. The monoisotopic (exact) mass is 352 g/mol. The highest BCUT2D eigenvalue weighted by molar-refractivity contribution is 5.69. The summed E-state index contributed by atoms with van der Waals surface area (Å²) in [6.45, 7) is 4.61. The van der Waals surface area contributed by atoms with E-state index >= 15 is 0 Å². The fourth-order valence-electron chi connectivity index (χ4n) is 4.99. The fraction of sp³-hybridized carbons (Fsp3) is 0.259. The first-order valence-electron chi connectivity index (χ1n) is 10.2. The van der Waals surface area contributed by atoms with Crippen LogP contribution >= 0.6 is 0 Å². The zero-order valence-electron chi connectivity index (χ0n) is 16.4. The van der Waals surface area contributed by atoms with Crippen molar-refractivity contribution in [2.24, 2.45) is 0 Å². The smallest absolute Gasteiger partial charge is 0.0308 e. The zero-order chi connectivity index (χ0) is 18.7. The molecule has 27 heavy (non-hydrogen) atoms. The first-order valence-corrected chi connectivity index (χ1v) is 10.2.